The van der Waals surface area contributed by atoms with Crippen molar-refractivity contribution in [3.8, 4) is 0 Å². The lowest BCUT2D eigenvalue weighted by molar-refractivity contribution is 0.0141. The van der Waals surface area contributed by atoms with E-state index in [0.29, 0.717) is 35.2 Å². The number of benzene rings is 1. The molecule has 7 nitrogen and oxygen atoms in total. The predicted octanol–water partition coefficient (Wildman–Crippen LogP) is 6.37. The molecule has 3 aromatic rings. The van der Waals surface area contributed by atoms with Gasteiger partial charge < -0.3 is 19.3 Å². The quantitative estimate of drug-likeness (QED) is 0.394. The number of rotatable bonds is 7. The molecule has 2 atom stereocenters. The minimum Gasteiger partial charge on any atom is -0.478 e. The van der Waals surface area contributed by atoms with Crippen LogP contribution in [-0.2, 0) is 11.3 Å². The second kappa shape index (κ2) is 8.80. The number of carboxylic acids is 1. The highest BCUT2D eigenvalue weighted by molar-refractivity contribution is 7.22. The third-order valence-corrected chi connectivity index (χ3v) is 9.61. The summed E-state index contributed by atoms with van der Waals surface area (Å²) in [5, 5.41) is 14.6. The fourth-order valence-corrected chi connectivity index (χ4v) is 7.82. The molecule has 7 rings (SSSR count). The Balaban J connectivity index is 1.08. The van der Waals surface area contributed by atoms with E-state index >= 15 is 0 Å². The lowest BCUT2D eigenvalue weighted by Crippen LogP contribution is -2.45. The van der Waals surface area contributed by atoms with Gasteiger partial charge in [-0.1, -0.05) is 29.3 Å². The van der Waals surface area contributed by atoms with Crippen LogP contribution < -0.4 is 4.90 Å². The van der Waals surface area contributed by atoms with Crippen LogP contribution in [0.5, 0.6) is 0 Å². The molecule has 4 heterocycles. The van der Waals surface area contributed by atoms with E-state index in [1.54, 1.807) is 0 Å². The fraction of sp³-hybridized carbons (Fsp3) is 0.593. The molecule has 0 spiro atoms. The molecule has 2 bridgehead atoms. The van der Waals surface area contributed by atoms with Crippen LogP contribution in [0.1, 0.15) is 103 Å². The molecule has 9 heteroatoms. The van der Waals surface area contributed by atoms with Crippen molar-refractivity contribution in [3.63, 3.8) is 0 Å². The van der Waals surface area contributed by atoms with Crippen LogP contribution in [0.15, 0.2) is 16.7 Å². The van der Waals surface area contributed by atoms with Crippen molar-refractivity contribution >= 4 is 32.7 Å². The first-order chi connectivity index (χ1) is 17.5. The third-order valence-electron chi connectivity index (χ3n) is 8.60. The lowest BCUT2D eigenvalue weighted by atomic mass is 9.97. The molecule has 36 heavy (non-hydrogen) atoms. The van der Waals surface area contributed by atoms with Crippen LogP contribution in [-0.4, -0.2) is 39.4 Å². The van der Waals surface area contributed by atoms with Gasteiger partial charge >= 0.3 is 5.97 Å². The van der Waals surface area contributed by atoms with Crippen molar-refractivity contribution in [2.75, 3.05) is 4.90 Å². The van der Waals surface area contributed by atoms with Gasteiger partial charge in [0.1, 0.15) is 11.3 Å². The molecule has 4 fully saturated rings. The zero-order valence-electron chi connectivity index (χ0n) is 20.1. The molecule has 2 unspecified atom stereocenters. The topological polar surface area (TPSA) is 88.7 Å². The van der Waals surface area contributed by atoms with Gasteiger partial charge in [-0.25, -0.2) is 14.2 Å². The molecule has 2 aliphatic heterocycles. The zero-order valence-corrected chi connectivity index (χ0v) is 20.9. The van der Waals surface area contributed by atoms with E-state index in [1.165, 1.54) is 61.5 Å². The van der Waals surface area contributed by atoms with E-state index in [2.05, 4.69) is 15.0 Å². The van der Waals surface area contributed by atoms with Crippen molar-refractivity contribution in [1.29, 1.82) is 0 Å². The third kappa shape index (κ3) is 3.91. The summed E-state index contributed by atoms with van der Waals surface area (Å²) in [5.41, 5.74) is 2.58. The molecule has 1 N–H and O–H groups in total. The Morgan fingerprint density at radius 1 is 1.11 bits per heavy atom. The number of hydrogen-bond donors (Lipinski definition) is 1. The summed E-state index contributed by atoms with van der Waals surface area (Å²) in [6.45, 7) is 0.579. The van der Waals surface area contributed by atoms with Gasteiger partial charge in [-0.05, 0) is 63.5 Å². The van der Waals surface area contributed by atoms with Gasteiger partial charge in [0, 0.05) is 29.5 Å². The van der Waals surface area contributed by atoms with Gasteiger partial charge in [-0.3, -0.25) is 0 Å². The van der Waals surface area contributed by atoms with E-state index in [9.17, 15) is 14.3 Å². The number of thiazole rings is 1. The molecule has 1 aromatic carbocycles. The molecular weight excluding hydrogens is 481 g/mol. The second-order valence-corrected chi connectivity index (χ2v) is 12.0. The minimum absolute atomic E-state index is 0.0402. The number of halogens is 1. The van der Waals surface area contributed by atoms with Gasteiger partial charge in [-0.2, -0.15) is 0 Å². The summed E-state index contributed by atoms with van der Waals surface area (Å²) < 4.78 is 27.6. The Hall–Kier alpha value is -2.52. The molecule has 0 radical (unpaired) electrons. The van der Waals surface area contributed by atoms with E-state index in [-0.39, 0.29) is 17.2 Å². The van der Waals surface area contributed by atoms with E-state index in [4.69, 9.17) is 9.26 Å². The monoisotopic (exact) mass is 511 g/mol. The van der Waals surface area contributed by atoms with Crippen LogP contribution in [0.4, 0.5) is 9.52 Å². The maximum atomic E-state index is 14.6. The Morgan fingerprint density at radius 2 is 1.86 bits per heavy atom. The van der Waals surface area contributed by atoms with Crippen molar-refractivity contribution in [2.24, 2.45) is 0 Å². The highest BCUT2D eigenvalue weighted by Gasteiger charge is 2.43. The first-order valence-corrected chi connectivity index (χ1v) is 14.1. The number of hydrogen-bond acceptors (Lipinski definition) is 7. The highest BCUT2D eigenvalue weighted by Crippen LogP contribution is 2.47. The smallest absolute Gasteiger partial charge is 0.335 e. The normalized spacial score (nSPS) is 26.4. The van der Waals surface area contributed by atoms with Crippen LogP contribution in [0, 0.1) is 5.82 Å². The largest absolute Gasteiger partial charge is 0.478 e. The summed E-state index contributed by atoms with van der Waals surface area (Å²) in [5.74, 6) is 0.396. The minimum atomic E-state index is -1.13. The Morgan fingerprint density at radius 3 is 2.56 bits per heavy atom. The first-order valence-electron chi connectivity index (χ1n) is 13.3. The number of anilines is 1. The summed E-state index contributed by atoms with van der Waals surface area (Å²) in [4.78, 5) is 18.3. The highest BCUT2D eigenvalue weighted by atomic mass is 32.1. The average molecular weight is 512 g/mol. The van der Waals surface area contributed by atoms with Crippen molar-refractivity contribution in [2.45, 2.75) is 101 Å². The number of aromatic carboxylic acids is 1. The number of carboxylic acid groups (broad SMARTS) is 1. The molecule has 2 saturated heterocycles. The first kappa shape index (κ1) is 22.7. The molecule has 190 valence electrons. The number of nitrogens with zero attached hydrogens (tertiary/aromatic N) is 3. The number of carbonyl (C=O) groups is 1. The summed E-state index contributed by atoms with van der Waals surface area (Å²) in [6.07, 6.45) is 11.4. The van der Waals surface area contributed by atoms with Crippen LogP contribution >= 0.6 is 11.3 Å². The SMILES string of the molecule is O=C(O)c1cc(F)c2nc(N3C4CCC3CC(OCc3c(C5CCCC5)noc3C3CC3)C4)sc2c1. The summed E-state index contributed by atoms with van der Waals surface area (Å²) in [6, 6.07) is 3.19. The van der Waals surface area contributed by atoms with Crippen molar-refractivity contribution < 1.29 is 23.6 Å². The summed E-state index contributed by atoms with van der Waals surface area (Å²) >= 11 is 1.39. The van der Waals surface area contributed by atoms with Gasteiger partial charge in [0.15, 0.2) is 10.9 Å². The standard InChI is InChI=1S/C27H30FN3O4S/c28-21-9-16(26(32)33)10-22-24(21)29-27(36-22)31-17-7-8-18(31)12-19(11-17)34-13-20-23(14-3-1-2-4-14)30-35-25(20)15-5-6-15/h9-10,14-15,17-19H,1-8,11-13H2,(H,32,33). The zero-order chi connectivity index (χ0) is 24.4. The average Bonchev–Trinajstić information content (AvgIpc) is 3.20. The van der Waals surface area contributed by atoms with E-state index in [1.807, 2.05) is 0 Å². The van der Waals surface area contributed by atoms with E-state index < -0.39 is 11.8 Å². The van der Waals surface area contributed by atoms with Crippen molar-refractivity contribution in [3.05, 3.63) is 40.5 Å². The molecule has 0 amide bonds. The fourth-order valence-electron chi connectivity index (χ4n) is 6.65. The van der Waals surface area contributed by atoms with Crippen molar-refractivity contribution in [1.82, 2.24) is 10.1 Å². The maximum Gasteiger partial charge on any atom is 0.335 e. The number of piperidine rings is 1. The number of ether oxygens (including phenoxy) is 1. The number of aromatic nitrogens is 2. The Bertz CT molecular complexity index is 1300. The van der Waals surface area contributed by atoms with Gasteiger partial charge in [-0.15, -0.1) is 0 Å². The maximum absolute atomic E-state index is 14.6. The van der Waals surface area contributed by atoms with Crippen LogP contribution in [0.3, 0.4) is 0 Å². The predicted molar refractivity (Wildman–Crippen MR) is 133 cm³/mol. The van der Waals surface area contributed by atoms with Gasteiger partial charge in [0.05, 0.1) is 28.7 Å². The molecule has 2 saturated carbocycles. The molecular formula is C27H30FN3O4S. The Kier molecular flexibility index (Phi) is 5.54. The van der Waals surface area contributed by atoms with E-state index in [0.717, 1.165) is 48.3 Å². The molecule has 2 aliphatic carbocycles. The second-order valence-electron chi connectivity index (χ2n) is 11.0. The number of fused-ring (bicyclic) bond motifs is 3. The van der Waals surface area contributed by atoms with Crippen LogP contribution in [0.25, 0.3) is 10.2 Å². The van der Waals surface area contributed by atoms with Crippen LogP contribution in [0.2, 0.25) is 0 Å². The Labute approximate surface area is 212 Å². The van der Waals surface area contributed by atoms with Gasteiger partial charge in [0.25, 0.3) is 0 Å². The molecule has 2 aromatic heterocycles. The van der Waals surface area contributed by atoms with Gasteiger partial charge in [0.2, 0.25) is 0 Å². The summed E-state index contributed by atoms with van der Waals surface area (Å²) in [7, 11) is 0. The lowest BCUT2D eigenvalue weighted by Gasteiger charge is -2.38. The molecule has 4 aliphatic rings.